The van der Waals surface area contributed by atoms with E-state index in [1.165, 1.54) is 31.7 Å². The number of carbonyl (C=O) groups is 2. The highest BCUT2D eigenvalue weighted by atomic mass is 16.3. The Morgan fingerprint density at radius 2 is 1.91 bits per heavy atom. The minimum absolute atomic E-state index is 0.338. The van der Waals surface area contributed by atoms with E-state index in [1.807, 2.05) is 0 Å². The fraction of sp³-hybridized carbons (Fsp3) is 0.562. The maximum Gasteiger partial charge on any atom is 0.252 e. The fourth-order valence-corrected chi connectivity index (χ4v) is 2.70. The highest BCUT2D eigenvalue weighted by Gasteiger charge is 2.22. The smallest absolute Gasteiger partial charge is 0.252 e. The Balaban J connectivity index is 1.82. The van der Waals surface area contributed by atoms with Crippen molar-refractivity contribution in [3.8, 4) is 0 Å². The Morgan fingerprint density at radius 3 is 2.55 bits per heavy atom. The molecule has 0 unspecified atom stereocenters. The molecule has 1 fully saturated rings. The van der Waals surface area contributed by atoms with Crippen LogP contribution in [-0.4, -0.2) is 41.1 Å². The van der Waals surface area contributed by atoms with Gasteiger partial charge in [0.1, 0.15) is 6.04 Å². The van der Waals surface area contributed by atoms with Crippen molar-refractivity contribution in [2.24, 2.45) is 5.92 Å². The summed E-state index contributed by atoms with van der Waals surface area (Å²) in [6.45, 7) is 0.188. The van der Waals surface area contributed by atoms with Crippen LogP contribution < -0.4 is 10.6 Å². The summed E-state index contributed by atoms with van der Waals surface area (Å²) in [7, 11) is 0. The molecule has 22 heavy (non-hydrogen) atoms. The molecule has 0 radical (unpaired) electrons. The molecule has 2 amide bonds. The van der Waals surface area contributed by atoms with Gasteiger partial charge in [0.15, 0.2) is 0 Å². The molecule has 3 N–H and O–H groups in total. The Labute approximate surface area is 130 Å². The number of hydrogen-bond acceptors (Lipinski definition) is 4. The summed E-state index contributed by atoms with van der Waals surface area (Å²) in [4.78, 5) is 27.9. The number of nitrogens with one attached hydrogen (secondary N) is 2. The number of carbonyl (C=O) groups excluding carboxylic acids is 2. The van der Waals surface area contributed by atoms with Gasteiger partial charge >= 0.3 is 0 Å². The molecule has 1 saturated carbocycles. The lowest BCUT2D eigenvalue weighted by atomic mass is 9.89. The minimum Gasteiger partial charge on any atom is -0.394 e. The zero-order chi connectivity index (χ0) is 15.8. The number of hydrogen-bond donors (Lipinski definition) is 3. The number of amides is 2. The molecule has 0 saturated heterocycles. The van der Waals surface area contributed by atoms with Crippen molar-refractivity contribution in [1.29, 1.82) is 0 Å². The molecule has 1 atom stereocenters. The maximum atomic E-state index is 12.1. The van der Waals surface area contributed by atoms with Gasteiger partial charge in [-0.2, -0.15) is 0 Å². The lowest BCUT2D eigenvalue weighted by molar-refractivity contribution is -0.124. The molecule has 1 aromatic rings. The molecule has 1 aliphatic rings. The molecule has 1 aliphatic carbocycles. The Bertz CT molecular complexity index is 487. The first-order valence-electron chi connectivity index (χ1n) is 7.80. The van der Waals surface area contributed by atoms with Crippen molar-refractivity contribution >= 4 is 11.8 Å². The Hall–Kier alpha value is -1.95. The van der Waals surface area contributed by atoms with E-state index in [0.29, 0.717) is 18.0 Å². The molecular weight excluding hydrogens is 282 g/mol. The largest absolute Gasteiger partial charge is 0.394 e. The standard InChI is InChI=1S/C16H23N3O3/c20-11-14(19-15(21)13-6-8-17-9-7-13)16(22)18-10-12-4-2-1-3-5-12/h6-9,12,14,20H,1-5,10-11H2,(H,18,22)(H,19,21)/t14-/m0/s1. The van der Waals surface area contributed by atoms with Crippen LogP contribution in [0.3, 0.4) is 0 Å². The van der Waals surface area contributed by atoms with Crippen LogP contribution in [0.25, 0.3) is 0 Å². The van der Waals surface area contributed by atoms with Crippen LogP contribution in [-0.2, 0) is 4.79 Å². The minimum atomic E-state index is -0.927. The van der Waals surface area contributed by atoms with Gasteiger partial charge < -0.3 is 15.7 Å². The summed E-state index contributed by atoms with van der Waals surface area (Å²) in [6.07, 6.45) is 8.97. The van der Waals surface area contributed by atoms with Crippen LogP contribution in [0, 0.1) is 5.92 Å². The molecule has 2 rings (SSSR count). The third-order valence-corrected chi connectivity index (χ3v) is 4.04. The summed E-state index contributed by atoms with van der Waals surface area (Å²) < 4.78 is 0. The summed E-state index contributed by atoms with van der Waals surface area (Å²) in [5.41, 5.74) is 0.411. The normalized spacial score (nSPS) is 16.8. The van der Waals surface area contributed by atoms with Crippen LogP contribution in [0.5, 0.6) is 0 Å². The molecule has 0 aliphatic heterocycles. The number of pyridine rings is 1. The number of nitrogens with zero attached hydrogens (tertiary/aromatic N) is 1. The van der Waals surface area contributed by atoms with Gasteiger partial charge in [-0.15, -0.1) is 0 Å². The van der Waals surface area contributed by atoms with E-state index >= 15 is 0 Å². The van der Waals surface area contributed by atoms with E-state index in [4.69, 9.17) is 0 Å². The van der Waals surface area contributed by atoms with Gasteiger partial charge in [-0.25, -0.2) is 0 Å². The second-order valence-electron chi connectivity index (χ2n) is 5.69. The summed E-state index contributed by atoms with van der Waals surface area (Å²) >= 11 is 0. The van der Waals surface area contributed by atoms with Crippen molar-refractivity contribution < 1.29 is 14.7 Å². The van der Waals surface area contributed by atoms with E-state index in [-0.39, 0.29) is 5.91 Å². The SMILES string of the molecule is O=C(N[C@@H](CO)C(=O)NCC1CCCCC1)c1ccncc1. The molecule has 0 spiro atoms. The van der Waals surface area contributed by atoms with E-state index < -0.39 is 18.6 Å². The Kier molecular flexibility index (Phi) is 6.33. The summed E-state index contributed by atoms with van der Waals surface area (Å²) in [6, 6.07) is 2.19. The number of aliphatic hydroxyl groups is 1. The molecule has 0 bridgehead atoms. The quantitative estimate of drug-likeness (QED) is 0.727. The highest BCUT2D eigenvalue weighted by molar-refractivity contribution is 5.97. The first-order chi connectivity index (χ1) is 10.7. The van der Waals surface area contributed by atoms with E-state index in [0.717, 1.165) is 12.8 Å². The van der Waals surface area contributed by atoms with Crippen molar-refractivity contribution in [2.75, 3.05) is 13.2 Å². The monoisotopic (exact) mass is 305 g/mol. The molecular formula is C16H23N3O3. The molecule has 0 aromatic carbocycles. The van der Waals surface area contributed by atoms with Gasteiger partial charge in [0.25, 0.3) is 5.91 Å². The highest BCUT2D eigenvalue weighted by Crippen LogP contribution is 2.22. The lowest BCUT2D eigenvalue weighted by Gasteiger charge is -2.23. The van der Waals surface area contributed by atoms with Crippen LogP contribution >= 0.6 is 0 Å². The van der Waals surface area contributed by atoms with Crippen molar-refractivity contribution in [3.63, 3.8) is 0 Å². The molecule has 1 aromatic heterocycles. The summed E-state index contributed by atoms with van der Waals surface area (Å²) in [5.74, 6) is -0.224. The predicted molar refractivity (Wildman–Crippen MR) is 82.2 cm³/mol. The van der Waals surface area contributed by atoms with Gasteiger partial charge in [-0.05, 0) is 30.9 Å². The number of aromatic nitrogens is 1. The fourth-order valence-electron chi connectivity index (χ4n) is 2.70. The zero-order valence-corrected chi connectivity index (χ0v) is 12.6. The molecule has 6 heteroatoms. The van der Waals surface area contributed by atoms with Crippen LogP contribution in [0.2, 0.25) is 0 Å². The van der Waals surface area contributed by atoms with Gasteiger partial charge in [0.2, 0.25) is 5.91 Å². The van der Waals surface area contributed by atoms with Gasteiger partial charge in [0, 0.05) is 24.5 Å². The van der Waals surface area contributed by atoms with Gasteiger partial charge in [0.05, 0.1) is 6.61 Å². The van der Waals surface area contributed by atoms with Crippen LogP contribution in [0.4, 0.5) is 0 Å². The maximum absolute atomic E-state index is 12.1. The lowest BCUT2D eigenvalue weighted by Crippen LogP contribution is -2.49. The average Bonchev–Trinajstić information content (AvgIpc) is 2.59. The zero-order valence-electron chi connectivity index (χ0n) is 12.6. The number of aliphatic hydroxyl groups excluding tert-OH is 1. The van der Waals surface area contributed by atoms with Crippen molar-refractivity contribution in [3.05, 3.63) is 30.1 Å². The summed E-state index contributed by atoms with van der Waals surface area (Å²) in [5, 5.41) is 14.7. The molecule has 6 nitrogen and oxygen atoms in total. The third kappa shape index (κ3) is 4.80. The number of rotatable bonds is 6. The third-order valence-electron chi connectivity index (χ3n) is 4.04. The van der Waals surface area contributed by atoms with Crippen LogP contribution in [0.15, 0.2) is 24.5 Å². The first kappa shape index (κ1) is 16.4. The Morgan fingerprint density at radius 1 is 1.23 bits per heavy atom. The molecule has 120 valence electrons. The predicted octanol–water partition coefficient (Wildman–Crippen LogP) is 0.869. The molecule has 1 heterocycles. The van der Waals surface area contributed by atoms with Gasteiger partial charge in [-0.1, -0.05) is 19.3 Å². The second-order valence-corrected chi connectivity index (χ2v) is 5.69. The van der Waals surface area contributed by atoms with E-state index in [2.05, 4.69) is 15.6 Å². The van der Waals surface area contributed by atoms with E-state index in [1.54, 1.807) is 12.1 Å². The van der Waals surface area contributed by atoms with Crippen molar-refractivity contribution in [1.82, 2.24) is 15.6 Å². The first-order valence-corrected chi connectivity index (χ1v) is 7.80. The second kappa shape index (κ2) is 8.48. The average molecular weight is 305 g/mol. The van der Waals surface area contributed by atoms with E-state index in [9.17, 15) is 14.7 Å². The van der Waals surface area contributed by atoms with Crippen LogP contribution in [0.1, 0.15) is 42.5 Å². The van der Waals surface area contributed by atoms with Gasteiger partial charge in [-0.3, -0.25) is 14.6 Å². The topological polar surface area (TPSA) is 91.3 Å². The van der Waals surface area contributed by atoms with Crippen molar-refractivity contribution in [2.45, 2.75) is 38.1 Å².